The molecule has 0 radical (unpaired) electrons. The van der Waals surface area contributed by atoms with E-state index in [-0.39, 0.29) is 23.8 Å². The highest BCUT2D eigenvalue weighted by Crippen LogP contribution is 2.27. The topological polar surface area (TPSA) is 111 Å². The molecule has 2 amide bonds. The number of ether oxygens (including phenoxy) is 1. The summed E-state index contributed by atoms with van der Waals surface area (Å²) >= 11 is 3.39. The second-order valence-electron chi connectivity index (χ2n) is 7.07. The first kappa shape index (κ1) is 23.6. The quantitative estimate of drug-likeness (QED) is 0.237. The molecular formula is C25H20BrN3O4. The van der Waals surface area contributed by atoms with Gasteiger partial charge < -0.3 is 20.5 Å². The van der Waals surface area contributed by atoms with Gasteiger partial charge in [0, 0.05) is 11.4 Å². The number of phenols is 1. The average Bonchev–Trinajstić information content (AvgIpc) is 2.78. The van der Waals surface area contributed by atoms with E-state index < -0.39 is 5.91 Å². The molecule has 0 saturated carbocycles. The predicted octanol–water partition coefficient (Wildman–Crippen LogP) is 5.03. The number of amides is 2. The van der Waals surface area contributed by atoms with Crippen LogP contribution in [-0.4, -0.2) is 23.5 Å². The van der Waals surface area contributed by atoms with Crippen molar-refractivity contribution in [1.29, 1.82) is 5.26 Å². The van der Waals surface area contributed by atoms with Gasteiger partial charge in [0.2, 0.25) is 0 Å². The molecule has 0 spiro atoms. The zero-order valence-corrected chi connectivity index (χ0v) is 19.2. The molecule has 0 atom stereocenters. The standard InChI is InChI=1S/C25H20BrN3O4/c1-16-3-2-4-20(11-16)28-24(31)15-33-23-10-5-17(13-22(23)26)12-18(14-27)25(32)29-19-6-8-21(30)9-7-19/h2-13,30H,15H2,1H3,(H,28,31)(H,29,32)/b18-12+. The highest BCUT2D eigenvalue weighted by Gasteiger charge is 2.11. The summed E-state index contributed by atoms with van der Waals surface area (Å²) in [6.07, 6.45) is 1.44. The van der Waals surface area contributed by atoms with Crippen molar-refractivity contribution in [3.63, 3.8) is 0 Å². The first-order chi connectivity index (χ1) is 15.8. The van der Waals surface area contributed by atoms with Crippen LogP contribution in [0.4, 0.5) is 11.4 Å². The number of phenolic OH excluding ortho intramolecular Hbond substituents is 1. The molecule has 0 aliphatic carbocycles. The van der Waals surface area contributed by atoms with E-state index >= 15 is 0 Å². The van der Waals surface area contributed by atoms with Crippen LogP contribution in [0.5, 0.6) is 11.5 Å². The van der Waals surface area contributed by atoms with Crippen molar-refractivity contribution in [3.05, 3.63) is 87.9 Å². The lowest BCUT2D eigenvalue weighted by Gasteiger charge is -2.10. The highest BCUT2D eigenvalue weighted by atomic mass is 79.9. The summed E-state index contributed by atoms with van der Waals surface area (Å²) in [5, 5.41) is 24.1. The molecule has 3 aromatic rings. The van der Waals surface area contributed by atoms with Crippen LogP contribution in [0.15, 0.2) is 76.8 Å². The van der Waals surface area contributed by atoms with E-state index in [1.165, 1.54) is 30.3 Å². The summed E-state index contributed by atoms with van der Waals surface area (Å²) in [6, 6.07) is 20.2. The van der Waals surface area contributed by atoms with Gasteiger partial charge in [0.25, 0.3) is 11.8 Å². The van der Waals surface area contributed by atoms with Gasteiger partial charge in [-0.3, -0.25) is 9.59 Å². The number of hydrogen-bond donors (Lipinski definition) is 3. The van der Waals surface area contributed by atoms with Crippen molar-refractivity contribution in [1.82, 2.24) is 0 Å². The summed E-state index contributed by atoms with van der Waals surface area (Å²) in [6.45, 7) is 1.76. The SMILES string of the molecule is Cc1cccc(NC(=O)COc2ccc(/C=C(\C#N)C(=O)Nc3ccc(O)cc3)cc2Br)c1. The van der Waals surface area contributed by atoms with Crippen LogP contribution in [0.25, 0.3) is 6.08 Å². The van der Waals surface area contributed by atoms with Crippen LogP contribution in [0, 0.1) is 18.3 Å². The number of nitrogens with zero attached hydrogens (tertiary/aromatic N) is 1. The lowest BCUT2D eigenvalue weighted by atomic mass is 10.1. The Balaban J connectivity index is 1.63. The third-order valence-electron chi connectivity index (χ3n) is 4.42. The van der Waals surface area contributed by atoms with E-state index in [0.717, 1.165) is 5.56 Å². The monoisotopic (exact) mass is 505 g/mol. The van der Waals surface area contributed by atoms with Crippen LogP contribution >= 0.6 is 15.9 Å². The number of anilines is 2. The molecule has 0 unspecified atom stereocenters. The Bertz CT molecular complexity index is 1250. The first-order valence-electron chi connectivity index (χ1n) is 9.85. The van der Waals surface area contributed by atoms with Gasteiger partial charge in [0.05, 0.1) is 4.47 Å². The van der Waals surface area contributed by atoms with Gasteiger partial charge in [-0.25, -0.2) is 0 Å². The fraction of sp³-hybridized carbons (Fsp3) is 0.0800. The summed E-state index contributed by atoms with van der Waals surface area (Å²) in [7, 11) is 0. The van der Waals surface area contributed by atoms with Crippen LogP contribution in [-0.2, 0) is 9.59 Å². The lowest BCUT2D eigenvalue weighted by Crippen LogP contribution is -2.20. The summed E-state index contributed by atoms with van der Waals surface area (Å²) in [5.74, 6) is -0.357. The van der Waals surface area contributed by atoms with Crippen LogP contribution in [0.2, 0.25) is 0 Å². The number of carbonyl (C=O) groups excluding carboxylic acids is 2. The van der Waals surface area contributed by atoms with E-state index in [0.29, 0.717) is 27.2 Å². The van der Waals surface area contributed by atoms with Gasteiger partial charge in [-0.2, -0.15) is 5.26 Å². The lowest BCUT2D eigenvalue weighted by molar-refractivity contribution is -0.118. The van der Waals surface area contributed by atoms with Gasteiger partial charge in [0.15, 0.2) is 6.61 Å². The second-order valence-corrected chi connectivity index (χ2v) is 7.92. The van der Waals surface area contributed by atoms with Crippen LogP contribution < -0.4 is 15.4 Å². The molecule has 7 nitrogen and oxygen atoms in total. The molecule has 0 fully saturated rings. The molecule has 3 aromatic carbocycles. The molecule has 0 heterocycles. The van der Waals surface area contributed by atoms with E-state index in [2.05, 4.69) is 26.6 Å². The fourth-order valence-electron chi connectivity index (χ4n) is 2.85. The number of carbonyl (C=O) groups is 2. The maximum Gasteiger partial charge on any atom is 0.266 e. The van der Waals surface area contributed by atoms with E-state index in [1.807, 2.05) is 31.2 Å². The van der Waals surface area contributed by atoms with Crippen LogP contribution in [0.3, 0.4) is 0 Å². The third-order valence-corrected chi connectivity index (χ3v) is 5.04. The number of nitriles is 1. The Kier molecular flexibility index (Phi) is 7.84. The number of hydrogen-bond acceptors (Lipinski definition) is 5. The fourth-order valence-corrected chi connectivity index (χ4v) is 3.36. The van der Waals surface area contributed by atoms with Crippen molar-refractivity contribution >= 4 is 45.2 Å². The van der Waals surface area contributed by atoms with Crippen molar-refractivity contribution in [3.8, 4) is 17.6 Å². The molecule has 0 aromatic heterocycles. The Morgan fingerprint density at radius 1 is 1.06 bits per heavy atom. The van der Waals surface area contributed by atoms with Gasteiger partial charge >= 0.3 is 0 Å². The normalized spacial score (nSPS) is 10.8. The zero-order valence-electron chi connectivity index (χ0n) is 17.6. The number of halogens is 1. The second kappa shape index (κ2) is 11.0. The summed E-state index contributed by atoms with van der Waals surface area (Å²) in [4.78, 5) is 24.5. The zero-order chi connectivity index (χ0) is 23.8. The minimum atomic E-state index is -0.576. The van der Waals surface area contributed by atoms with E-state index in [4.69, 9.17) is 4.74 Å². The Hall–Kier alpha value is -4.09. The van der Waals surface area contributed by atoms with Crippen molar-refractivity contribution in [2.24, 2.45) is 0 Å². The third kappa shape index (κ3) is 6.95. The van der Waals surface area contributed by atoms with Crippen molar-refractivity contribution < 1.29 is 19.4 Å². The molecule has 0 bridgehead atoms. The average molecular weight is 506 g/mol. The van der Waals surface area contributed by atoms with Crippen molar-refractivity contribution in [2.75, 3.05) is 17.2 Å². The maximum absolute atomic E-state index is 12.4. The molecule has 3 rings (SSSR count). The molecule has 8 heteroatoms. The molecule has 0 aliphatic heterocycles. The minimum Gasteiger partial charge on any atom is -0.508 e. The van der Waals surface area contributed by atoms with Gasteiger partial charge in [0.1, 0.15) is 23.1 Å². The highest BCUT2D eigenvalue weighted by molar-refractivity contribution is 9.10. The largest absolute Gasteiger partial charge is 0.508 e. The Labute approximate surface area is 199 Å². The van der Waals surface area contributed by atoms with Gasteiger partial charge in [-0.15, -0.1) is 0 Å². The maximum atomic E-state index is 12.4. The number of aromatic hydroxyl groups is 1. The van der Waals surface area contributed by atoms with Gasteiger partial charge in [-0.1, -0.05) is 18.2 Å². The van der Waals surface area contributed by atoms with E-state index in [9.17, 15) is 20.0 Å². The van der Waals surface area contributed by atoms with Crippen LogP contribution in [0.1, 0.15) is 11.1 Å². The molecule has 33 heavy (non-hydrogen) atoms. The molecule has 0 aliphatic rings. The Morgan fingerprint density at radius 3 is 2.48 bits per heavy atom. The van der Waals surface area contributed by atoms with Gasteiger partial charge in [-0.05, 0) is 88.6 Å². The minimum absolute atomic E-state index is 0.0730. The molecule has 166 valence electrons. The van der Waals surface area contributed by atoms with E-state index in [1.54, 1.807) is 24.3 Å². The number of rotatable bonds is 7. The first-order valence-corrected chi connectivity index (χ1v) is 10.6. The number of aryl methyl sites for hydroxylation is 1. The van der Waals surface area contributed by atoms with Crippen molar-refractivity contribution in [2.45, 2.75) is 6.92 Å². The Morgan fingerprint density at radius 2 is 1.82 bits per heavy atom. The summed E-state index contributed by atoms with van der Waals surface area (Å²) in [5.41, 5.74) is 2.68. The molecule has 3 N–H and O–H groups in total. The number of nitrogens with one attached hydrogen (secondary N) is 2. The smallest absolute Gasteiger partial charge is 0.266 e. The number of benzene rings is 3. The predicted molar refractivity (Wildman–Crippen MR) is 130 cm³/mol. The molecule has 0 saturated heterocycles. The summed E-state index contributed by atoms with van der Waals surface area (Å²) < 4.78 is 6.14. The molecular weight excluding hydrogens is 486 g/mol.